The number of aryl methyl sites for hydroxylation is 1. The lowest BCUT2D eigenvalue weighted by molar-refractivity contribution is 0.232. The molecule has 7 heteroatoms. The molecular formula is C68H49N5OS. The average molecular weight is 984 g/mol. The van der Waals surface area contributed by atoms with Crippen molar-refractivity contribution < 1.29 is 4.74 Å². The maximum atomic E-state index is 7.36. The highest BCUT2D eigenvalue weighted by atomic mass is 32.1. The predicted octanol–water partition coefficient (Wildman–Crippen LogP) is 16.8. The van der Waals surface area contributed by atoms with Crippen molar-refractivity contribution in [1.82, 2.24) is 14.5 Å². The molecule has 2 aliphatic heterocycles. The van der Waals surface area contributed by atoms with Crippen LogP contribution in [0, 0.1) is 6.92 Å². The van der Waals surface area contributed by atoms with Gasteiger partial charge >= 0.3 is 0 Å². The number of fused-ring (bicyclic) bond motifs is 15. The number of allylic oxidation sites excluding steroid dienone is 4. The quantitative estimate of drug-likeness (QED) is 0.187. The van der Waals surface area contributed by atoms with Gasteiger partial charge in [0, 0.05) is 75.0 Å². The Morgan fingerprint density at radius 1 is 0.627 bits per heavy atom. The van der Waals surface area contributed by atoms with E-state index < -0.39 is 11.1 Å². The summed E-state index contributed by atoms with van der Waals surface area (Å²) in [5, 5.41) is 16.3. The largest absolute Gasteiger partial charge is 0.483 e. The second-order valence-corrected chi connectivity index (χ2v) is 22.3. The van der Waals surface area contributed by atoms with E-state index in [1.165, 1.54) is 79.9 Å². The molecule has 75 heavy (non-hydrogen) atoms. The molecule has 3 aromatic heterocycles. The van der Waals surface area contributed by atoms with Crippen LogP contribution >= 0.6 is 11.3 Å². The number of thiophene rings is 1. The van der Waals surface area contributed by atoms with Gasteiger partial charge in [-0.15, -0.1) is 11.3 Å². The van der Waals surface area contributed by atoms with Gasteiger partial charge in [0.05, 0.1) is 28.2 Å². The zero-order valence-corrected chi connectivity index (χ0v) is 42.5. The molecule has 9 aromatic carbocycles. The van der Waals surface area contributed by atoms with Gasteiger partial charge in [0.2, 0.25) is 0 Å². The summed E-state index contributed by atoms with van der Waals surface area (Å²) in [4.78, 5) is 11.5. The number of hydrogen-bond acceptors (Lipinski definition) is 5. The minimum absolute atomic E-state index is 0.218. The SMILES string of the molecule is Cc1c(C2=NC(C)(c3ccc4c(c3)sc3ccccc34)NC(C3=CC4(C)c5c(ccc6ccccc56)OC4C(n4c5ccccc5c5cc6ccccc6cc54)=C3)=N2)ccc2c1c1ccccc1n2C1C=CC=CC1. The summed E-state index contributed by atoms with van der Waals surface area (Å²) in [6.07, 6.45) is 14.3. The van der Waals surface area contributed by atoms with Crippen molar-refractivity contribution in [1.29, 1.82) is 0 Å². The highest BCUT2D eigenvalue weighted by molar-refractivity contribution is 7.25. The summed E-state index contributed by atoms with van der Waals surface area (Å²) in [5.41, 5.74) is 9.64. The normalized spacial score (nSPS) is 21.2. The summed E-state index contributed by atoms with van der Waals surface area (Å²) < 4.78 is 14.9. The molecule has 0 radical (unpaired) electrons. The van der Waals surface area contributed by atoms with Gasteiger partial charge in [-0.1, -0.05) is 152 Å². The van der Waals surface area contributed by atoms with E-state index in [1.54, 1.807) is 0 Å². The number of benzene rings is 9. The Labute approximate surface area is 437 Å². The summed E-state index contributed by atoms with van der Waals surface area (Å²) in [6.45, 7) is 6.85. The molecular weight excluding hydrogens is 935 g/mol. The van der Waals surface area contributed by atoms with E-state index in [2.05, 4.69) is 248 Å². The number of hydrogen-bond donors (Lipinski definition) is 1. The van der Waals surface area contributed by atoms with Crippen molar-refractivity contribution in [2.24, 2.45) is 9.98 Å². The van der Waals surface area contributed by atoms with Crippen molar-refractivity contribution in [3.8, 4) is 5.75 Å². The molecule has 1 N–H and O–H groups in total. The molecule has 0 saturated carbocycles. The fourth-order valence-electron chi connectivity index (χ4n) is 13.3. The van der Waals surface area contributed by atoms with Gasteiger partial charge in [0.1, 0.15) is 11.6 Å². The maximum absolute atomic E-state index is 7.36. The molecule has 0 spiro atoms. The summed E-state index contributed by atoms with van der Waals surface area (Å²) in [6, 6.07) is 64.6. The van der Waals surface area contributed by atoms with E-state index in [9.17, 15) is 0 Å². The number of para-hydroxylation sites is 2. The van der Waals surface area contributed by atoms with Crippen LogP contribution in [0.1, 0.15) is 48.6 Å². The van der Waals surface area contributed by atoms with E-state index in [0.29, 0.717) is 5.84 Å². The number of rotatable bonds is 5. The van der Waals surface area contributed by atoms with Crippen LogP contribution < -0.4 is 10.1 Å². The van der Waals surface area contributed by atoms with Gasteiger partial charge in [0.15, 0.2) is 17.6 Å². The van der Waals surface area contributed by atoms with Gasteiger partial charge in [-0.25, -0.2) is 9.98 Å². The fourth-order valence-corrected chi connectivity index (χ4v) is 14.5. The third kappa shape index (κ3) is 6.13. The number of aromatic nitrogens is 2. The van der Waals surface area contributed by atoms with Gasteiger partial charge in [0.25, 0.3) is 0 Å². The summed E-state index contributed by atoms with van der Waals surface area (Å²) >= 11 is 1.83. The third-order valence-corrected chi connectivity index (χ3v) is 18.0. The highest BCUT2D eigenvalue weighted by Gasteiger charge is 2.51. The van der Waals surface area contributed by atoms with Crippen LogP contribution in [0.5, 0.6) is 5.75 Å². The zero-order valence-electron chi connectivity index (χ0n) is 41.7. The Morgan fingerprint density at radius 3 is 2.20 bits per heavy atom. The summed E-state index contributed by atoms with van der Waals surface area (Å²) in [7, 11) is 0. The lowest BCUT2D eigenvalue weighted by Gasteiger charge is -2.38. The molecule has 12 aromatic rings. The van der Waals surface area contributed by atoms with E-state index in [1.807, 2.05) is 11.3 Å². The van der Waals surface area contributed by atoms with Crippen LogP contribution in [-0.4, -0.2) is 26.9 Å². The van der Waals surface area contributed by atoms with Crippen molar-refractivity contribution in [3.63, 3.8) is 0 Å². The smallest absolute Gasteiger partial charge is 0.159 e. The first-order valence-corrected chi connectivity index (χ1v) is 26.9. The topological polar surface area (TPSA) is 55.8 Å². The highest BCUT2D eigenvalue weighted by Crippen LogP contribution is 2.54. The average Bonchev–Trinajstić information content (AvgIpc) is 4.23. The van der Waals surface area contributed by atoms with Gasteiger partial charge in [-0.2, -0.15) is 0 Å². The van der Waals surface area contributed by atoms with Gasteiger partial charge in [-0.05, 0) is 115 Å². The second kappa shape index (κ2) is 15.6. The number of ether oxygens (including phenoxy) is 1. The van der Waals surface area contributed by atoms with Crippen molar-refractivity contribution in [2.75, 3.05) is 0 Å². The van der Waals surface area contributed by atoms with Crippen molar-refractivity contribution in [3.05, 3.63) is 240 Å². The molecule has 4 aliphatic rings. The molecule has 4 unspecified atom stereocenters. The number of nitrogens with zero attached hydrogens (tertiary/aromatic N) is 4. The van der Waals surface area contributed by atoms with Gasteiger partial charge in [-0.3, -0.25) is 0 Å². The first kappa shape index (κ1) is 42.7. The van der Waals surface area contributed by atoms with Crippen LogP contribution in [-0.2, 0) is 11.1 Å². The van der Waals surface area contributed by atoms with Crippen LogP contribution in [0.4, 0.5) is 0 Å². The monoisotopic (exact) mass is 983 g/mol. The van der Waals surface area contributed by atoms with Crippen LogP contribution in [0.25, 0.3) is 91.0 Å². The number of amidine groups is 2. The molecule has 0 fully saturated rings. The Morgan fingerprint density at radius 2 is 1.36 bits per heavy atom. The lowest BCUT2D eigenvalue weighted by Crippen LogP contribution is -2.48. The second-order valence-electron chi connectivity index (χ2n) is 21.2. The predicted molar refractivity (Wildman–Crippen MR) is 315 cm³/mol. The van der Waals surface area contributed by atoms with Crippen LogP contribution in [0.3, 0.4) is 0 Å². The van der Waals surface area contributed by atoms with Crippen LogP contribution in [0.2, 0.25) is 0 Å². The van der Waals surface area contributed by atoms with E-state index in [-0.39, 0.29) is 12.1 Å². The Hall–Kier alpha value is -8.78. The van der Waals surface area contributed by atoms with Crippen LogP contribution in [0.15, 0.2) is 228 Å². The first-order valence-electron chi connectivity index (χ1n) is 26.1. The molecule has 4 atom stereocenters. The first-order chi connectivity index (χ1) is 36.8. The molecule has 0 bridgehead atoms. The summed E-state index contributed by atoms with van der Waals surface area (Å²) in [5.74, 6) is 2.36. The molecule has 5 heterocycles. The number of aliphatic imine (C=N–C) groups is 2. The fraction of sp³-hybridized carbons (Fsp3) is 0.118. The van der Waals surface area contributed by atoms with Gasteiger partial charge < -0.3 is 19.2 Å². The molecule has 6 nitrogen and oxygen atoms in total. The van der Waals surface area contributed by atoms with E-state index in [0.717, 1.165) is 57.0 Å². The molecule has 0 saturated heterocycles. The van der Waals surface area contributed by atoms with E-state index in [4.69, 9.17) is 14.7 Å². The third-order valence-electron chi connectivity index (χ3n) is 16.8. The lowest BCUT2D eigenvalue weighted by atomic mass is 9.72. The maximum Gasteiger partial charge on any atom is 0.159 e. The minimum atomic E-state index is -0.916. The molecule has 2 aliphatic carbocycles. The molecule has 358 valence electrons. The molecule has 16 rings (SSSR count). The molecule has 0 amide bonds. The van der Waals surface area contributed by atoms with E-state index >= 15 is 0 Å². The number of nitrogens with one attached hydrogen (secondary N) is 1. The Kier molecular flexibility index (Phi) is 8.89. The minimum Gasteiger partial charge on any atom is -0.483 e. The standard InChI is InChI=1S/C68H49N5OS/c1-40-47(32-33-56-62(40)52-25-12-15-27-55(52)72(56)46-20-5-4-6-21-46)66-69-65(70-68(3,71-66)45-30-31-51-50-24-13-16-28-60(50)75-61(51)38-45)44-37-58(64-67(2,39-44)63-48-22-10-9-17-41(48)29-34-59(63)74-64)73-54-26-14-11-23-49(54)53-35-42-18-7-8-19-43(42)36-57(53)73/h4-20,22-39,46,64H,21H2,1-3H3,(H,69,70,71). The zero-order chi connectivity index (χ0) is 49.7. The van der Waals surface area contributed by atoms with Crippen molar-refractivity contribution in [2.45, 2.75) is 50.4 Å². The van der Waals surface area contributed by atoms with Crippen molar-refractivity contribution >= 4 is 114 Å². The Bertz CT molecular complexity index is 4710. The Balaban J connectivity index is 0.957.